The van der Waals surface area contributed by atoms with Gasteiger partial charge in [-0.1, -0.05) is 6.07 Å². The van der Waals surface area contributed by atoms with E-state index in [1.165, 1.54) is 24.4 Å². The van der Waals surface area contributed by atoms with Crippen molar-refractivity contribution in [3.63, 3.8) is 0 Å². The molecule has 1 atom stereocenters. The average molecular weight is 354 g/mol. The van der Waals surface area contributed by atoms with Gasteiger partial charge in [0.15, 0.2) is 11.6 Å². The second-order valence-electron chi connectivity index (χ2n) is 4.94. The molecule has 0 aliphatic carbocycles. The summed E-state index contributed by atoms with van der Waals surface area (Å²) in [5.74, 6) is 0.463. The highest BCUT2D eigenvalue weighted by Gasteiger charge is 2.63. The van der Waals surface area contributed by atoms with Crippen molar-refractivity contribution in [3.8, 4) is 11.8 Å². The number of pyridine rings is 1. The van der Waals surface area contributed by atoms with Crippen LogP contribution >= 0.6 is 0 Å². The lowest BCUT2D eigenvalue weighted by Gasteiger charge is -2.35. The molecule has 128 valence electrons. The van der Waals surface area contributed by atoms with Crippen LogP contribution in [0.5, 0.6) is 0 Å². The zero-order valence-electron chi connectivity index (χ0n) is 12.1. The van der Waals surface area contributed by atoms with E-state index in [2.05, 4.69) is 15.6 Å². The minimum absolute atomic E-state index is 0.0703. The summed E-state index contributed by atoms with van der Waals surface area (Å²) in [5.41, 5.74) is -5.57. The number of carbonyl (C=O) groups is 1. The lowest BCUT2D eigenvalue weighted by Crippen LogP contribution is -2.50. The van der Waals surface area contributed by atoms with E-state index in [1.54, 1.807) is 5.92 Å². The summed E-state index contributed by atoms with van der Waals surface area (Å²) in [6.45, 7) is 0. The Morgan fingerprint density at radius 3 is 2.56 bits per heavy atom. The summed E-state index contributed by atoms with van der Waals surface area (Å²) in [6.07, 6.45) is -5.55. The van der Waals surface area contributed by atoms with Crippen LogP contribution in [0.1, 0.15) is 11.3 Å². The molecule has 1 N–H and O–H groups in total. The van der Waals surface area contributed by atoms with E-state index in [0.717, 1.165) is 6.07 Å². The molecule has 3 rings (SSSR count). The largest absolute Gasteiger partial charge is 0.445 e. The number of benzene rings is 1. The molecule has 0 saturated carbocycles. The van der Waals surface area contributed by atoms with Crippen molar-refractivity contribution in [2.24, 2.45) is 0 Å². The van der Waals surface area contributed by atoms with E-state index in [4.69, 9.17) is 0 Å². The maximum absolute atomic E-state index is 14.2. The van der Waals surface area contributed by atoms with Gasteiger partial charge in [-0.15, -0.1) is 0 Å². The molecular weight excluding hydrogens is 347 g/mol. The molecule has 2 aromatic rings. The predicted molar refractivity (Wildman–Crippen MR) is 75.3 cm³/mol. The molecule has 25 heavy (non-hydrogen) atoms. The third-order valence-electron chi connectivity index (χ3n) is 3.36. The Morgan fingerprint density at radius 1 is 1.16 bits per heavy atom. The monoisotopic (exact) mass is 354 g/mol. The molecular formula is C16H7F5N2O2. The van der Waals surface area contributed by atoms with Crippen LogP contribution in [0.25, 0.3) is 0 Å². The molecule has 4 nitrogen and oxygen atoms in total. The van der Waals surface area contributed by atoms with Crippen LogP contribution in [0.4, 0.5) is 32.4 Å². The number of aromatic nitrogens is 1. The highest BCUT2D eigenvalue weighted by atomic mass is 19.4. The first-order valence-electron chi connectivity index (χ1n) is 6.74. The Kier molecular flexibility index (Phi) is 3.83. The van der Waals surface area contributed by atoms with Gasteiger partial charge >= 0.3 is 12.3 Å². The van der Waals surface area contributed by atoms with Crippen LogP contribution < -0.4 is 5.32 Å². The molecule has 0 fully saturated rings. The minimum Gasteiger partial charge on any atom is -0.415 e. The zero-order valence-corrected chi connectivity index (χ0v) is 12.1. The lowest BCUT2D eigenvalue weighted by molar-refractivity contribution is -0.240. The van der Waals surface area contributed by atoms with Crippen molar-refractivity contribution in [1.82, 2.24) is 4.98 Å². The molecule has 0 saturated heterocycles. The van der Waals surface area contributed by atoms with Gasteiger partial charge in [-0.3, -0.25) is 5.32 Å². The fourth-order valence-corrected chi connectivity index (χ4v) is 2.27. The van der Waals surface area contributed by atoms with Gasteiger partial charge in [0, 0.05) is 6.20 Å². The van der Waals surface area contributed by atoms with Gasteiger partial charge < -0.3 is 4.74 Å². The van der Waals surface area contributed by atoms with Gasteiger partial charge in [0.25, 0.3) is 5.60 Å². The highest BCUT2D eigenvalue weighted by Crippen LogP contribution is 2.48. The van der Waals surface area contributed by atoms with Crippen molar-refractivity contribution in [3.05, 3.63) is 59.4 Å². The second-order valence-corrected chi connectivity index (χ2v) is 4.94. The number of ether oxygens (including phenoxy) is 1. The van der Waals surface area contributed by atoms with E-state index in [0.29, 0.717) is 6.07 Å². The number of halogens is 5. The van der Waals surface area contributed by atoms with E-state index in [9.17, 15) is 26.7 Å². The fraction of sp³-hybridized carbons (Fsp3) is 0.125. The molecule has 1 unspecified atom stereocenters. The molecule has 1 aromatic carbocycles. The number of nitrogens with one attached hydrogen (secondary N) is 1. The van der Waals surface area contributed by atoms with Gasteiger partial charge in [-0.25, -0.2) is 18.6 Å². The number of cyclic esters (lactones) is 1. The normalized spacial score (nSPS) is 19.2. The lowest BCUT2D eigenvalue weighted by atomic mass is 9.89. The maximum Gasteiger partial charge on any atom is 0.445 e. The van der Waals surface area contributed by atoms with Gasteiger partial charge in [-0.2, -0.15) is 13.2 Å². The molecule has 0 spiro atoms. The number of alkyl halides is 3. The third-order valence-corrected chi connectivity index (χ3v) is 3.36. The topological polar surface area (TPSA) is 51.2 Å². The quantitative estimate of drug-likeness (QED) is 0.579. The molecule has 1 aliphatic heterocycles. The molecule has 1 aliphatic rings. The Labute approximate surface area is 137 Å². The highest BCUT2D eigenvalue weighted by molar-refractivity contribution is 5.89. The van der Waals surface area contributed by atoms with Crippen molar-refractivity contribution < 1.29 is 31.5 Å². The zero-order chi connectivity index (χ0) is 18.2. The van der Waals surface area contributed by atoms with Gasteiger partial charge in [0.05, 0.1) is 11.3 Å². The van der Waals surface area contributed by atoms with E-state index in [1.807, 2.05) is 5.32 Å². The predicted octanol–water partition coefficient (Wildman–Crippen LogP) is 3.73. The van der Waals surface area contributed by atoms with E-state index in [-0.39, 0.29) is 5.69 Å². The smallest absolute Gasteiger partial charge is 0.415 e. The first-order valence-corrected chi connectivity index (χ1v) is 6.74. The van der Waals surface area contributed by atoms with E-state index < -0.39 is 40.8 Å². The van der Waals surface area contributed by atoms with Crippen LogP contribution in [-0.4, -0.2) is 17.3 Å². The third kappa shape index (κ3) is 2.76. The number of carbonyl (C=O) groups excluding carboxylic acids is 1. The van der Waals surface area contributed by atoms with Crippen LogP contribution in [0, 0.1) is 23.5 Å². The summed E-state index contributed by atoms with van der Waals surface area (Å²) in [6, 6.07) is 5.69. The molecule has 0 bridgehead atoms. The molecule has 1 amide bonds. The van der Waals surface area contributed by atoms with E-state index >= 15 is 0 Å². The number of hydrogen-bond acceptors (Lipinski definition) is 3. The Morgan fingerprint density at radius 2 is 1.92 bits per heavy atom. The van der Waals surface area contributed by atoms with Gasteiger partial charge in [0.1, 0.15) is 5.69 Å². The number of rotatable bonds is 0. The number of fused-ring (bicyclic) bond motifs is 1. The molecule has 2 heterocycles. The second kappa shape index (κ2) is 5.73. The maximum atomic E-state index is 14.2. The SMILES string of the molecule is O=C1Nc2ccc(F)c(F)c2C(C#Cc2ccccn2)(C(F)(F)F)O1. The first kappa shape index (κ1) is 16.7. The summed E-state index contributed by atoms with van der Waals surface area (Å²) in [4.78, 5) is 15.3. The molecule has 1 aromatic heterocycles. The number of anilines is 1. The Balaban J connectivity index is 2.30. The van der Waals surface area contributed by atoms with Crippen molar-refractivity contribution in [2.75, 3.05) is 5.32 Å². The average Bonchev–Trinajstić information content (AvgIpc) is 2.56. The van der Waals surface area contributed by atoms with Crippen LogP contribution in [0.2, 0.25) is 0 Å². The van der Waals surface area contributed by atoms with Crippen molar-refractivity contribution >= 4 is 11.8 Å². The van der Waals surface area contributed by atoms with Crippen LogP contribution in [-0.2, 0) is 10.3 Å². The fourth-order valence-electron chi connectivity index (χ4n) is 2.27. The Bertz CT molecular complexity index is 902. The standard InChI is InChI=1S/C16H7F5N2O2/c17-10-4-5-11-12(13(10)18)15(16(19,20)21,25-14(24)23-11)7-6-9-3-1-2-8-22-9/h1-5,8H,(H,23,24). The number of nitrogens with zero attached hydrogens (tertiary/aromatic N) is 1. The summed E-state index contributed by atoms with van der Waals surface area (Å²) < 4.78 is 73.3. The molecule has 0 radical (unpaired) electrons. The first-order chi connectivity index (χ1) is 11.7. The van der Waals surface area contributed by atoms with Crippen molar-refractivity contribution in [1.29, 1.82) is 0 Å². The summed E-state index contributed by atoms with van der Waals surface area (Å²) >= 11 is 0. The summed E-state index contributed by atoms with van der Waals surface area (Å²) in [5, 5.41) is 1.90. The van der Waals surface area contributed by atoms with Gasteiger partial charge in [0.2, 0.25) is 0 Å². The number of amides is 1. The van der Waals surface area contributed by atoms with Crippen LogP contribution in [0.15, 0.2) is 36.5 Å². The minimum atomic E-state index is -5.34. The van der Waals surface area contributed by atoms with Gasteiger partial charge in [-0.05, 0) is 36.1 Å². The van der Waals surface area contributed by atoms with Crippen molar-refractivity contribution in [2.45, 2.75) is 11.8 Å². The number of hydrogen-bond donors (Lipinski definition) is 1. The Hall–Kier alpha value is -3.15. The van der Waals surface area contributed by atoms with Crippen LogP contribution in [0.3, 0.4) is 0 Å². The summed E-state index contributed by atoms with van der Waals surface area (Å²) in [7, 11) is 0. The molecule has 9 heteroatoms.